The average Bonchev–Trinajstić information content (AvgIpc) is 2.40. The first-order chi connectivity index (χ1) is 5.65. The maximum absolute atomic E-state index is 8.74. The molecule has 12 heavy (non-hydrogen) atoms. The van der Waals surface area contributed by atoms with Gasteiger partial charge in [0.1, 0.15) is 6.26 Å². The van der Waals surface area contributed by atoms with Crippen LogP contribution in [0.3, 0.4) is 0 Å². The van der Waals surface area contributed by atoms with Gasteiger partial charge in [0, 0.05) is 0 Å². The van der Waals surface area contributed by atoms with Crippen LogP contribution in [0.15, 0.2) is 23.3 Å². The first kappa shape index (κ1) is 13.4. The van der Waals surface area contributed by atoms with Crippen LogP contribution in [0.25, 0.3) is 0 Å². The van der Waals surface area contributed by atoms with Gasteiger partial charge in [0.05, 0.1) is 6.20 Å². The van der Waals surface area contributed by atoms with E-state index in [0.29, 0.717) is 0 Å². The van der Waals surface area contributed by atoms with Gasteiger partial charge in [-0.1, -0.05) is 0 Å². The fourth-order valence-corrected chi connectivity index (χ4v) is 0.176. The van der Waals surface area contributed by atoms with E-state index in [1.165, 1.54) is 12.7 Å². The maximum Gasteiger partial charge on any atom is 0.314 e. The van der Waals surface area contributed by atoms with E-state index in [-0.39, 0.29) is 6.47 Å². The Morgan fingerprint density at radius 3 is 2.00 bits per heavy atom. The van der Waals surface area contributed by atoms with Crippen LogP contribution < -0.4 is 0 Å². The summed E-state index contributed by atoms with van der Waals surface area (Å²) in [6.45, 7) is -0.250. The van der Waals surface area contributed by atoms with Crippen LogP contribution in [0.5, 0.6) is 0 Å². The smallest absolute Gasteiger partial charge is 0.314 e. The van der Waals surface area contributed by atoms with Crippen molar-refractivity contribution in [3.8, 4) is 0 Å². The number of hydrogen-bond donors (Lipinski definition) is 3. The van der Waals surface area contributed by atoms with Gasteiger partial charge in [-0.3, -0.25) is 9.36 Å². The zero-order valence-electron chi connectivity index (χ0n) is 5.82. The molecule has 0 fully saturated rings. The van der Waals surface area contributed by atoms with Crippen molar-refractivity contribution in [1.29, 1.82) is 0 Å². The first-order valence-electron chi connectivity index (χ1n) is 2.47. The van der Waals surface area contributed by atoms with Gasteiger partial charge < -0.3 is 19.3 Å². The summed E-state index contributed by atoms with van der Waals surface area (Å²) in [7, 11) is -3.13. The third kappa shape index (κ3) is 36.9. The Morgan fingerprint density at radius 1 is 1.50 bits per heavy atom. The van der Waals surface area contributed by atoms with Gasteiger partial charge in [0.15, 0.2) is 6.39 Å². The van der Waals surface area contributed by atoms with E-state index >= 15 is 0 Å². The highest BCUT2D eigenvalue weighted by molar-refractivity contribution is 7.30. The SMILES string of the molecule is O=CO.O=[PH](O)O.c1cocn1. The van der Waals surface area contributed by atoms with Crippen LogP contribution in [0.1, 0.15) is 0 Å². The Hall–Kier alpha value is -1.17. The molecule has 1 rings (SSSR count). The molecule has 0 aromatic carbocycles. The van der Waals surface area contributed by atoms with Crippen molar-refractivity contribution in [2.45, 2.75) is 0 Å². The van der Waals surface area contributed by atoms with E-state index in [0.717, 1.165) is 0 Å². The second-order valence-corrected chi connectivity index (χ2v) is 1.63. The highest BCUT2D eigenvalue weighted by atomic mass is 31.1. The third-order valence-corrected chi connectivity index (χ3v) is 0.347. The molecule has 7 nitrogen and oxygen atoms in total. The normalized spacial score (nSPS) is 7.25. The number of nitrogens with zero attached hydrogens (tertiary/aromatic N) is 1. The van der Waals surface area contributed by atoms with Gasteiger partial charge in [-0.05, 0) is 0 Å². The van der Waals surface area contributed by atoms with Crippen molar-refractivity contribution < 1.29 is 28.7 Å². The second-order valence-electron chi connectivity index (χ2n) is 1.06. The lowest BCUT2D eigenvalue weighted by molar-refractivity contribution is -0.122. The molecule has 0 atom stereocenters. The molecule has 0 spiro atoms. The van der Waals surface area contributed by atoms with Gasteiger partial charge in [0.2, 0.25) is 0 Å². The monoisotopic (exact) mass is 197 g/mol. The topological polar surface area (TPSA) is 121 Å². The Morgan fingerprint density at radius 2 is 1.92 bits per heavy atom. The van der Waals surface area contributed by atoms with Crippen LogP contribution >= 0.6 is 8.25 Å². The molecule has 0 amide bonds. The fourth-order valence-electron chi connectivity index (χ4n) is 0.176. The number of hydrogen-bond acceptors (Lipinski definition) is 4. The molecule has 70 valence electrons. The molecule has 3 N–H and O–H groups in total. The largest absolute Gasteiger partial charge is 0.483 e. The summed E-state index contributed by atoms with van der Waals surface area (Å²) < 4.78 is 13.2. The summed E-state index contributed by atoms with van der Waals surface area (Å²) in [5.41, 5.74) is 0. The highest BCUT2D eigenvalue weighted by Gasteiger charge is 1.61. The zero-order valence-corrected chi connectivity index (χ0v) is 6.82. The van der Waals surface area contributed by atoms with Crippen LogP contribution in [-0.2, 0) is 9.36 Å². The third-order valence-electron chi connectivity index (χ3n) is 0.347. The van der Waals surface area contributed by atoms with Crippen molar-refractivity contribution in [1.82, 2.24) is 4.98 Å². The molecule has 0 aliphatic heterocycles. The Balaban J connectivity index is 0. The van der Waals surface area contributed by atoms with Crippen molar-refractivity contribution in [3.63, 3.8) is 0 Å². The van der Waals surface area contributed by atoms with Crippen molar-refractivity contribution >= 4 is 14.7 Å². The molecule has 0 saturated heterocycles. The van der Waals surface area contributed by atoms with Gasteiger partial charge in [-0.15, -0.1) is 0 Å². The van der Waals surface area contributed by atoms with Crippen LogP contribution in [0.2, 0.25) is 0 Å². The molecule has 1 aromatic heterocycles. The molecule has 0 unspecified atom stereocenters. The minimum Gasteiger partial charge on any atom is -0.483 e. The van der Waals surface area contributed by atoms with E-state index in [9.17, 15) is 0 Å². The van der Waals surface area contributed by atoms with Crippen LogP contribution in [-0.4, -0.2) is 26.3 Å². The molecule has 0 aliphatic rings. The van der Waals surface area contributed by atoms with Gasteiger partial charge >= 0.3 is 8.25 Å². The van der Waals surface area contributed by atoms with E-state index in [1.54, 1.807) is 6.20 Å². The van der Waals surface area contributed by atoms with E-state index in [1.807, 2.05) is 0 Å². The Bertz CT molecular complexity index is 166. The molecule has 0 saturated carbocycles. The Kier molecular flexibility index (Phi) is 14.0. The van der Waals surface area contributed by atoms with Gasteiger partial charge in [-0.2, -0.15) is 0 Å². The lowest BCUT2D eigenvalue weighted by Crippen LogP contribution is -1.49. The van der Waals surface area contributed by atoms with E-state index in [2.05, 4.69) is 9.40 Å². The summed E-state index contributed by atoms with van der Waals surface area (Å²) in [5.74, 6) is 0. The fraction of sp³-hybridized carbons (Fsp3) is 0. The maximum atomic E-state index is 8.74. The molecule has 8 heteroatoms. The van der Waals surface area contributed by atoms with Crippen LogP contribution in [0, 0.1) is 0 Å². The van der Waals surface area contributed by atoms with Crippen molar-refractivity contribution in [2.75, 3.05) is 0 Å². The first-order valence-corrected chi connectivity index (χ1v) is 3.77. The minimum absolute atomic E-state index is 0.250. The molecular formula is C4H8NO6P. The second kappa shape index (κ2) is 12.5. The summed E-state index contributed by atoms with van der Waals surface area (Å²) in [6, 6.07) is 0. The number of aromatic nitrogens is 1. The Labute approximate surface area is 68.2 Å². The summed E-state index contributed by atoms with van der Waals surface area (Å²) in [5, 5.41) is 6.89. The van der Waals surface area contributed by atoms with Gasteiger partial charge in [0.25, 0.3) is 6.47 Å². The molecule has 0 aliphatic carbocycles. The average molecular weight is 197 g/mol. The van der Waals surface area contributed by atoms with Crippen molar-refractivity contribution in [2.24, 2.45) is 0 Å². The lowest BCUT2D eigenvalue weighted by Gasteiger charge is -1.61. The van der Waals surface area contributed by atoms with E-state index in [4.69, 9.17) is 24.3 Å². The zero-order chi connectivity index (χ0) is 9.82. The highest BCUT2D eigenvalue weighted by Crippen LogP contribution is 1.98. The number of carbonyl (C=O) groups is 1. The van der Waals surface area contributed by atoms with E-state index < -0.39 is 8.25 Å². The molecular weight excluding hydrogens is 189 g/mol. The number of rotatable bonds is 0. The number of carboxylic acid groups (broad SMARTS) is 1. The summed E-state index contributed by atoms with van der Waals surface area (Å²) in [4.78, 5) is 26.2. The summed E-state index contributed by atoms with van der Waals surface area (Å²) in [6.07, 6.45) is 4.47. The molecule has 1 aromatic rings. The molecule has 0 radical (unpaired) electrons. The van der Waals surface area contributed by atoms with Crippen molar-refractivity contribution in [3.05, 3.63) is 18.9 Å². The standard InChI is InChI=1S/C3H3NO.CH2O2.H3O3P/c1-2-5-3-4-1;2-1-3;1-4(2)3/h1-3H;1H,(H,2,3);4H,(H2,1,2,3). The minimum atomic E-state index is -3.13. The molecule has 0 bridgehead atoms. The molecule has 1 heterocycles. The lowest BCUT2D eigenvalue weighted by atomic mass is 11.0. The van der Waals surface area contributed by atoms with Gasteiger partial charge in [-0.25, -0.2) is 4.98 Å². The predicted octanol–water partition coefficient (Wildman–Crippen LogP) is -0.264. The quantitative estimate of drug-likeness (QED) is 0.386. The number of oxazole rings is 1. The predicted molar refractivity (Wildman–Crippen MR) is 38.6 cm³/mol. The van der Waals surface area contributed by atoms with Crippen LogP contribution in [0.4, 0.5) is 0 Å². The summed E-state index contributed by atoms with van der Waals surface area (Å²) >= 11 is 0.